The Hall–Kier alpha value is -4.30. The number of aromatic nitrogens is 1. The van der Waals surface area contributed by atoms with Crippen molar-refractivity contribution in [3.05, 3.63) is 88.2 Å². The lowest BCUT2D eigenvalue weighted by molar-refractivity contribution is 0.0929. The molecule has 0 spiro atoms. The van der Waals surface area contributed by atoms with Crippen LogP contribution in [-0.4, -0.2) is 50.9 Å². The largest absolute Gasteiger partial charge is 0.497 e. The Bertz CT molecular complexity index is 1540. The van der Waals surface area contributed by atoms with Crippen LogP contribution in [0.3, 0.4) is 0 Å². The second-order valence-corrected chi connectivity index (χ2v) is 9.63. The van der Waals surface area contributed by atoms with E-state index in [-0.39, 0.29) is 17.5 Å². The third-order valence-corrected chi connectivity index (χ3v) is 7.25. The summed E-state index contributed by atoms with van der Waals surface area (Å²) in [6.07, 6.45) is 1.87. The molecule has 0 unspecified atom stereocenters. The Morgan fingerprint density at radius 2 is 1.64 bits per heavy atom. The molecule has 1 saturated heterocycles. The number of rotatable bonds is 8. The number of carbonyl (C=O) groups is 1. The molecule has 2 N–H and O–H groups in total. The van der Waals surface area contributed by atoms with E-state index >= 15 is 0 Å². The van der Waals surface area contributed by atoms with Gasteiger partial charge in [0, 0.05) is 29.1 Å². The maximum absolute atomic E-state index is 13.5. The van der Waals surface area contributed by atoms with Gasteiger partial charge in [-0.15, -0.1) is 0 Å². The van der Waals surface area contributed by atoms with Gasteiger partial charge in [-0.05, 0) is 79.0 Å². The van der Waals surface area contributed by atoms with Crippen molar-refractivity contribution in [2.75, 3.05) is 34.4 Å². The number of piperidine rings is 1. The van der Waals surface area contributed by atoms with Crippen LogP contribution in [0.25, 0.3) is 22.0 Å². The number of hydrogen-bond acceptors (Lipinski definition) is 6. The summed E-state index contributed by atoms with van der Waals surface area (Å²) < 4.78 is 18.1. The van der Waals surface area contributed by atoms with Crippen LogP contribution in [-0.2, 0) is 6.54 Å². The van der Waals surface area contributed by atoms with E-state index in [2.05, 4.69) is 10.6 Å². The molecular formula is C31H33N3O5. The summed E-state index contributed by atoms with van der Waals surface area (Å²) in [5.41, 5.74) is 3.77. The van der Waals surface area contributed by atoms with Gasteiger partial charge in [-0.1, -0.05) is 18.2 Å². The Kier molecular flexibility index (Phi) is 7.84. The monoisotopic (exact) mass is 527 g/mol. The average Bonchev–Trinajstić information content (AvgIpc) is 2.98. The Morgan fingerprint density at radius 1 is 0.897 bits per heavy atom. The first kappa shape index (κ1) is 26.3. The van der Waals surface area contributed by atoms with E-state index in [4.69, 9.17) is 14.2 Å². The van der Waals surface area contributed by atoms with Crippen molar-refractivity contribution in [3.63, 3.8) is 0 Å². The van der Waals surface area contributed by atoms with Crippen molar-refractivity contribution in [2.45, 2.75) is 25.4 Å². The molecule has 0 bridgehead atoms. The fraction of sp³-hybridized carbons (Fsp3) is 0.290. The molecule has 1 aliphatic rings. The number of hydrogen-bond donors (Lipinski definition) is 2. The molecule has 0 aliphatic carbocycles. The SMILES string of the molecule is COc1ccc2c(-c3ccc(OC)c(OC)c3)cc(=O)n(Cc3ccc(C(=O)NC4CCNCC4)cc3)c2c1. The number of pyridine rings is 1. The quantitative estimate of drug-likeness (QED) is 0.357. The van der Waals surface area contributed by atoms with Crippen LogP contribution in [0.2, 0.25) is 0 Å². The Morgan fingerprint density at radius 3 is 2.33 bits per heavy atom. The number of nitrogens with one attached hydrogen (secondary N) is 2. The summed E-state index contributed by atoms with van der Waals surface area (Å²) in [6.45, 7) is 2.19. The van der Waals surface area contributed by atoms with Crippen LogP contribution < -0.4 is 30.4 Å². The van der Waals surface area contributed by atoms with Gasteiger partial charge >= 0.3 is 0 Å². The number of methoxy groups -OCH3 is 3. The predicted molar refractivity (Wildman–Crippen MR) is 152 cm³/mol. The second-order valence-electron chi connectivity index (χ2n) is 9.63. The van der Waals surface area contributed by atoms with E-state index < -0.39 is 0 Å². The van der Waals surface area contributed by atoms with E-state index in [0.717, 1.165) is 53.5 Å². The summed E-state index contributed by atoms with van der Waals surface area (Å²) in [6, 6.07) is 20.6. The molecule has 1 fully saturated rings. The fourth-order valence-corrected chi connectivity index (χ4v) is 5.07. The van der Waals surface area contributed by atoms with Gasteiger partial charge < -0.3 is 29.4 Å². The zero-order valence-corrected chi connectivity index (χ0v) is 22.5. The molecule has 0 atom stereocenters. The van der Waals surface area contributed by atoms with Crippen LogP contribution in [0.4, 0.5) is 0 Å². The van der Waals surface area contributed by atoms with Crippen molar-refractivity contribution >= 4 is 16.8 Å². The molecule has 1 aliphatic heterocycles. The second kappa shape index (κ2) is 11.6. The van der Waals surface area contributed by atoms with Gasteiger partial charge in [-0.3, -0.25) is 9.59 Å². The average molecular weight is 528 g/mol. The molecule has 8 nitrogen and oxygen atoms in total. The summed E-state index contributed by atoms with van der Waals surface area (Å²) in [4.78, 5) is 26.2. The topological polar surface area (TPSA) is 90.8 Å². The van der Waals surface area contributed by atoms with Gasteiger partial charge in [0.1, 0.15) is 5.75 Å². The zero-order valence-electron chi connectivity index (χ0n) is 22.5. The summed E-state index contributed by atoms with van der Waals surface area (Å²) >= 11 is 0. The van der Waals surface area contributed by atoms with E-state index in [0.29, 0.717) is 29.4 Å². The van der Waals surface area contributed by atoms with E-state index in [1.165, 1.54) is 0 Å². The van der Waals surface area contributed by atoms with Crippen molar-refractivity contribution in [1.29, 1.82) is 0 Å². The number of fused-ring (bicyclic) bond motifs is 1. The predicted octanol–water partition coefficient (Wildman–Crippen LogP) is 4.22. The zero-order chi connectivity index (χ0) is 27.4. The molecule has 4 aromatic rings. The minimum Gasteiger partial charge on any atom is -0.497 e. The maximum Gasteiger partial charge on any atom is 0.251 e. The van der Waals surface area contributed by atoms with Gasteiger partial charge in [0.2, 0.25) is 0 Å². The van der Waals surface area contributed by atoms with Crippen LogP contribution >= 0.6 is 0 Å². The van der Waals surface area contributed by atoms with Crippen LogP contribution in [0.5, 0.6) is 17.2 Å². The highest BCUT2D eigenvalue weighted by molar-refractivity contribution is 5.96. The van der Waals surface area contributed by atoms with E-state index in [1.54, 1.807) is 32.0 Å². The summed E-state index contributed by atoms with van der Waals surface area (Å²) in [5, 5.41) is 7.33. The number of benzene rings is 3. The van der Waals surface area contributed by atoms with E-state index in [1.807, 2.05) is 60.7 Å². The third kappa shape index (κ3) is 5.61. The normalized spacial score (nSPS) is 13.7. The summed E-state index contributed by atoms with van der Waals surface area (Å²) in [5.74, 6) is 1.80. The summed E-state index contributed by atoms with van der Waals surface area (Å²) in [7, 11) is 4.79. The molecular weight excluding hydrogens is 494 g/mol. The minimum absolute atomic E-state index is 0.0694. The highest BCUT2D eigenvalue weighted by Crippen LogP contribution is 2.35. The molecule has 0 radical (unpaired) electrons. The molecule has 0 saturated carbocycles. The van der Waals surface area contributed by atoms with Gasteiger partial charge in [0.25, 0.3) is 11.5 Å². The molecule has 3 aromatic carbocycles. The number of nitrogens with zero attached hydrogens (tertiary/aromatic N) is 1. The first-order chi connectivity index (χ1) is 19.0. The van der Waals surface area contributed by atoms with Crippen LogP contribution in [0, 0.1) is 0 Å². The van der Waals surface area contributed by atoms with Gasteiger partial charge in [0.15, 0.2) is 11.5 Å². The highest BCUT2D eigenvalue weighted by atomic mass is 16.5. The van der Waals surface area contributed by atoms with Crippen molar-refractivity contribution in [2.24, 2.45) is 0 Å². The Balaban J connectivity index is 1.48. The fourth-order valence-electron chi connectivity index (χ4n) is 5.07. The van der Waals surface area contributed by atoms with Crippen molar-refractivity contribution in [3.8, 4) is 28.4 Å². The van der Waals surface area contributed by atoms with Gasteiger partial charge in [-0.25, -0.2) is 0 Å². The lowest BCUT2D eigenvalue weighted by Crippen LogP contribution is -2.42. The minimum atomic E-state index is -0.145. The lowest BCUT2D eigenvalue weighted by atomic mass is 10.00. The Labute approximate surface area is 227 Å². The van der Waals surface area contributed by atoms with Gasteiger partial charge in [-0.2, -0.15) is 0 Å². The van der Waals surface area contributed by atoms with Crippen molar-refractivity contribution < 1.29 is 19.0 Å². The maximum atomic E-state index is 13.5. The molecule has 1 aromatic heterocycles. The molecule has 39 heavy (non-hydrogen) atoms. The van der Waals surface area contributed by atoms with Gasteiger partial charge in [0.05, 0.1) is 33.4 Å². The first-order valence-corrected chi connectivity index (χ1v) is 13.0. The number of ether oxygens (including phenoxy) is 3. The number of amides is 1. The smallest absolute Gasteiger partial charge is 0.251 e. The highest BCUT2D eigenvalue weighted by Gasteiger charge is 2.17. The standard InChI is InChI=1S/C31H33N3O5/c1-37-24-9-10-25-26(22-8-11-28(38-2)29(16-22)39-3)18-30(35)34(27(25)17-24)19-20-4-6-21(7-5-20)31(36)33-23-12-14-32-15-13-23/h4-11,16-18,23,32H,12-15,19H2,1-3H3,(H,33,36). The van der Waals surface area contributed by atoms with Crippen molar-refractivity contribution in [1.82, 2.24) is 15.2 Å². The molecule has 202 valence electrons. The van der Waals surface area contributed by atoms with Crippen LogP contribution in [0.1, 0.15) is 28.8 Å². The van der Waals surface area contributed by atoms with E-state index in [9.17, 15) is 9.59 Å². The molecule has 2 heterocycles. The first-order valence-electron chi connectivity index (χ1n) is 13.0. The lowest BCUT2D eigenvalue weighted by Gasteiger charge is -2.23. The van der Waals surface area contributed by atoms with Crippen LogP contribution in [0.15, 0.2) is 71.5 Å². The molecule has 1 amide bonds. The molecule has 8 heteroatoms. The third-order valence-electron chi connectivity index (χ3n) is 7.25. The molecule has 5 rings (SSSR count). The number of carbonyl (C=O) groups excluding carboxylic acids is 1.